The van der Waals surface area contributed by atoms with E-state index < -0.39 is 5.82 Å². The fraction of sp³-hybridized carbons (Fsp3) is 0.400. The molecule has 0 fully saturated rings. The number of phenolic OH excluding ortho intramolecular Hbond substituents is 1. The number of hydrogen-bond donors (Lipinski definition) is 1. The van der Waals surface area contributed by atoms with E-state index in [1.54, 1.807) is 0 Å². The first kappa shape index (κ1) is 16.5. The summed E-state index contributed by atoms with van der Waals surface area (Å²) in [6, 6.07) is 15.0. The molecule has 1 unspecified atom stereocenters. The highest BCUT2D eigenvalue weighted by molar-refractivity contribution is 5.36. The van der Waals surface area contributed by atoms with E-state index in [0.717, 1.165) is 18.4 Å². The number of hydrogen-bond acceptors (Lipinski definition) is 1. The van der Waals surface area contributed by atoms with Crippen LogP contribution < -0.4 is 0 Å². The molecule has 1 nitrogen and oxygen atoms in total. The number of aromatic hydroxyl groups is 1. The van der Waals surface area contributed by atoms with Gasteiger partial charge in [0.15, 0.2) is 11.6 Å². The summed E-state index contributed by atoms with van der Waals surface area (Å²) in [6.07, 6.45) is 7.16. The molecule has 22 heavy (non-hydrogen) atoms. The second-order valence-electron chi connectivity index (χ2n) is 5.88. The lowest BCUT2D eigenvalue weighted by molar-refractivity contribution is 0.431. The molecule has 1 atom stereocenters. The lowest BCUT2D eigenvalue weighted by atomic mass is 9.86. The van der Waals surface area contributed by atoms with Gasteiger partial charge in [-0.2, -0.15) is 0 Å². The van der Waals surface area contributed by atoms with E-state index in [4.69, 9.17) is 0 Å². The van der Waals surface area contributed by atoms with E-state index in [1.165, 1.54) is 43.4 Å². The Morgan fingerprint density at radius 1 is 0.909 bits per heavy atom. The molecule has 2 rings (SSSR count). The predicted molar refractivity (Wildman–Crippen MR) is 89.7 cm³/mol. The third-order valence-electron chi connectivity index (χ3n) is 4.17. The minimum Gasteiger partial charge on any atom is -0.505 e. The highest BCUT2D eigenvalue weighted by atomic mass is 19.1. The van der Waals surface area contributed by atoms with Gasteiger partial charge in [-0.05, 0) is 29.7 Å². The molecule has 0 heterocycles. The molecular weight excluding hydrogens is 275 g/mol. The molecule has 0 aliphatic carbocycles. The number of rotatable bonds is 8. The van der Waals surface area contributed by atoms with Crippen molar-refractivity contribution >= 4 is 0 Å². The molecule has 0 radical (unpaired) electrons. The van der Waals surface area contributed by atoms with Crippen LogP contribution in [0.1, 0.15) is 62.5 Å². The van der Waals surface area contributed by atoms with Crippen molar-refractivity contribution < 1.29 is 9.50 Å². The van der Waals surface area contributed by atoms with Crippen LogP contribution in [0.25, 0.3) is 0 Å². The Morgan fingerprint density at radius 3 is 2.32 bits per heavy atom. The van der Waals surface area contributed by atoms with Gasteiger partial charge in [-0.25, -0.2) is 4.39 Å². The minimum absolute atomic E-state index is 0.193. The Bertz CT molecular complexity index is 565. The zero-order valence-electron chi connectivity index (χ0n) is 13.3. The highest BCUT2D eigenvalue weighted by Gasteiger charge is 2.15. The first-order valence-corrected chi connectivity index (χ1v) is 8.25. The molecular formula is C20H25FO. The quantitative estimate of drug-likeness (QED) is 0.591. The van der Waals surface area contributed by atoms with Crippen molar-refractivity contribution in [2.75, 3.05) is 0 Å². The monoisotopic (exact) mass is 300 g/mol. The Balaban J connectivity index is 2.13. The molecule has 0 aliphatic rings. The lowest BCUT2D eigenvalue weighted by Crippen LogP contribution is -2.02. The van der Waals surface area contributed by atoms with Gasteiger partial charge in [0.05, 0.1) is 0 Å². The Morgan fingerprint density at radius 2 is 1.64 bits per heavy atom. The van der Waals surface area contributed by atoms with E-state index in [9.17, 15) is 9.50 Å². The van der Waals surface area contributed by atoms with Crippen LogP contribution in [0.15, 0.2) is 48.5 Å². The third kappa shape index (κ3) is 4.59. The third-order valence-corrected chi connectivity index (χ3v) is 4.17. The largest absolute Gasteiger partial charge is 0.505 e. The molecule has 1 N–H and O–H groups in total. The molecule has 0 aromatic heterocycles. The van der Waals surface area contributed by atoms with Crippen molar-refractivity contribution in [1.29, 1.82) is 0 Å². The molecule has 0 spiro atoms. The maximum Gasteiger partial charge on any atom is 0.165 e. The molecule has 2 aromatic rings. The zero-order valence-corrected chi connectivity index (χ0v) is 13.3. The molecule has 0 saturated heterocycles. The normalized spacial score (nSPS) is 12.3. The first-order chi connectivity index (χ1) is 10.7. The molecule has 0 aliphatic heterocycles. The predicted octanol–water partition coefficient (Wildman–Crippen LogP) is 6.02. The topological polar surface area (TPSA) is 20.2 Å². The van der Waals surface area contributed by atoms with Gasteiger partial charge in [-0.1, -0.05) is 75.4 Å². The summed E-state index contributed by atoms with van der Waals surface area (Å²) < 4.78 is 13.7. The first-order valence-electron chi connectivity index (χ1n) is 8.25. The van der Waals surface area contributed by atoms with E-state index in [1.807, 2.05) is 24.3 Å². The van der Waals surface area contributed by atoms with Gasteiger partial charge in [0.2, 0.25) is 0 Å². The standard InChI is InChI=1S/C20H25FO/c1-2-3-4-5-9-12-18(16-10-7-6-8-11-16)17-13-14-20(22)19(21)15-17/h6-8,10-11,13-15,18,22H,2-5,9,12H2,1H3. The summed E-state index contributed by atoms with van der Waals surface area (Å²) in [5.74, 6) is -0.624. The Labute approximate surface area is 132 Å². The number of halogens is 1. The van der Waals surface area contributed by atoms with Gasteiger partial charge in [0, 0.05) is 5.92 Å². The van der Waals surface area contributed by atoms with Crippen molar-refractivity contribution in [2.45, 2.75) is 51.4 Å². The molecule has 0 amide bonds. The van der Waals surface area contributed by atoms with Crippen LogP contribution in [-0.4, -0.2) is 5.11 Å². The van der Waals surface area contributed by atoms with Crippen LogP contribution in [0.3, 0.4) is 0 Å². The van der Waals surface area contributed by atoms with Crippen molar-refractivity contribution in [3.05, 3.63) is 65.5 Å². The molecule has 118 valence electrons. The van der Waals surface area contributed by atoms with E-state index >= 15 is 0 Å². The van der Waals surface area contributed by atoms with Crippen LogP contribution >= 0.6 is 0 Å². The Hall–Kier alpha value is -1.83. The average molecular weight is 300 g/mol. The van der Waals surface area contributed by atoms with Gasteiger partial charge < -0.3 is 5.11 Å². The SMILES string of the molecule is CCCCCCCC(c1ccccc1)c1ccc(O)c(F)c1. The van der Waals surface area contributed by atoms with Crippen LogP contribution in [0.2, 0.25) is 0 Å². The minimum atomic E-state index is -0.538. The van der Waals surface area contributed by atoms with Crippen molar-refractivity contribution in [2.24, 2.45) is 0 Å². The van der Waals surface area contributed by atoms with Crippen molar-refractivity contribution in [3.63, 3.8) is 0 Å². The van der Waals surface area contributed by atoms with Gasteiger partial charge >= 0.3 is 0 Å². The number of benzene rings is 2. The summed E-state index contributed by atoms with van der Waals surface area (Å²) in [5, 5.41) is 9.39. The van der Waals surface area contributed by atoms with Crippen molar-refractivity contribution in [1.82, 2.24) is 0 Å². The average Bonchev–Trinajstić information content (AvgIpc) is 2.55. The molecule has 2 heteroatoms. The van der Waals surface area contributed by atoms with E-state index in [2.05, 4.69) is 19.1 Å². The summed E-state index contributed by atoms with van der Waals surface area (Å²) in [6.45, 7) is 2.21. The summed E-state index contributed by atoms with van der Waals surface area (Å²) in [5.41, 5.74) is 2.15. The Kier molecular flexibility index (Phi) is 6.45. The van der Waals surface area contributed by atoms with Gasteiger partial charge in [0.1, 0.15) is 0 Å². The fourth-order valence-corrected chi connectivity index (χ4v) is 2.90. The van der Waals surface area contributed by atoms with E-state index in [-0.39, 0.29) is 11.7 Å². The van der Waals surface area contributed by atoms with Gasteiger partial charge in [-0.3, -0.25) is 0 Å². The van der Waals surface area contributed by atoms with Crippen LogP contribution in [-0.2, 0) is 0 Å². The molecule has 0 bridgehead atoms. The summed E-state index contributed by atoms with van der Waals surface area (Å²) in [4.78, 5) is 0. The fourth-order valence-electron chi connectivity index (χ4n) is 2.90. The smallest absolute Gasteiger partial charge is 0.165 e. The second-order valence-corrected chi connectivity index (χ2v) is 5.88. The second kappa shape index (κ2) is 8.57. The maximum absolute atomic E-state index is 13.7. The maximum atomic E-state index is 13.7. The number of unbranched alkanes of at least 4 members (excludes halogenated alkanes) is 4. The van der Waals surface area contributed by atoms with Gasteiger partial charge in [-0.15, -0.1) is 0 Å². The van der Waals surface area contributed by atoms with Gasteiger partial charge in [0.25, 0.3) is 0 Å². The van der Waals surface area contributed by atoms with E-state index in [0.29, 0.717) is 0 Å². The van der Waals surface area contributed by atoms with Crippen molar-refractivity contribution in [3.8, 4) is 5.75 Å². The van der Waals surface area contributed by atoms with Crippen LogP contribution in [0.5, 0.6) is 5.75 Å². The summed E-state index contributed by atoms with van der Waals surface area (Å²) >= 11 is 0. The molecule has 0 saturated carbocycles. The summed E-state index contributed by atoms with van der Waals surface area (Å²) in [7, 11) is 0. The highest BCUT2D eigenvalue weighted by Crippen LogP contribution is 2.32. The van der Waals surface area contributed by atoms with Crippen LogP contribution in [0, 0.1) is 5.82 Å². The van der Waals surface area contributed by atoms with Crippen LogP contribution in [0.4, 0.5) is 4.39 Å². The number of phenols is 1. The lowest BCUT2D eigenvalue weighted by Gasteiger charge is -2.18. The molecule has 2 aromatic carbocycles. The zero-order chi connectivity index (χ0) is 15.8.